The molecule has 0 unspecified atom stereocenters. The lowest BCUT2D eigenvalue weighted by Gasteiger charge is -2.30. The lowest BCUT2D eigenvalue weighted by atomic mass is 10.1. The summed E-state index contributed by atoms with van der Waals surface area (Å²) >= 11 is 0. The first-order valence-corrected chi connectivity index (χ1v) is 8.20. The Bertz CT molecular complexity index is 333. The largest absolute Gasteiger partial charge is 0.330 e. The van der Waals surface area contributed by atoms with Crippen LogP contribution in [0.25, 0.3) is 0 Å². The summed E-state index contributed by atoms with van der Waals surface area (Å²) in [4.78, 5) is 0. The maximum absolute atomic E-state index is 5.50. The predicted octanol–water partition coefficient (Wildman–Crippen LogP) is 3.95. The number of quaternary nitrogens is 1. The van der Waals surface area contributed by atoms with E-state index in [2.05, 4.69) is 44.4 Å². The minimum atomic E-state index is 0.852. The SMILES string of the molecule is C[N+](C)(CCCCCCCCCN)Cc1ccccc1. The van der Waals surface area contributed by atoms with E-state index in [1.165, 1.54) is 57.1 Å². The summed E-state index contributed by atoms with van der Waals surface area (Å²) < 4.78 is 1.09. The molecule has 0 heterocycles. The molecule has 0 aliphatic carbocycles. The van der Waals surface area contributed by atoms with Gasteiger partial charge in [0.15, 0.2) is 0 Å². The van der Waals surface area contributed by atoms with Crippen molar-refractivity contribution in [1.29, 1.82) is 0 Å². The molecule has 1 rings (SSSR count). The summed E-state index contributed by atoms with van der Waals surface area (Å²) in [5, 5.41) is 0. The van der Waals surface area contributed by atoms with E-state index in [0.29, 0.717) is 0 Å². The van der Waals surface area contributed by atoms with E-state index in [1.54, 1.807) is 0 Å². The predicted molar refractivity (Wildman–Crippen MR) is 88.5 cm³/mol. The first kappa shape index (κ1) is 17.2. The maximum atomic E-state index is 5.50. The van der Waals surface area contributed by atoms with Gasteiger partial charge in [0.05, 0.1) is 20.6 Å². The van der Waals surface area contributed by atoms with E-state index in [4.69, 9.17) is 5.73 Å². The average molecular weight is 277 g/mol. The normalized spacial score (nSPS) is 11.8. The number of unbranched alkanes of at least 4 members (excludes halogenated alkanes) is 6. The third kappa shape index (κ3) is 8.34. The van der Waals surface area contributed by atoms with Crippen molar-refractivity contribution in [2.24, 2.45) is 5.73 Å². The molecule has 0 fully saturated rings. The summed E-state index contributed by atoms with van der Waals surface area (Å²) in [6.07, 6.45) is 9.35. The Kier molecular flexibility index (Phi) is 8.56. The van der Waals surface area contributed by atoms with Gasteiger partial charge in [0.1, 0.15) is 6.54 Å². The van der Waals surface area contributed by atoms with Gasteiger partial charge in [0.2, 0.25) is 0 Å². The number of nitrogens with two attached hydrogens (primary N) is 1. The van der Waals surface area contributed by atoms with E-state index in [0.717, 1.165) is 17.6 Å². The van der Waals surface area contributed by atoms with E-state index in [-0.39, 0.29) is 0 Å². The number of hydrogen-bond acceptors (Lipinski definition) is 1. The zero-order valence-electron chi connectivity index (χ0n) is 13.5. The van der Waals surface area contributed by atoms with E-state index >= 15 is 0 Å². The van der Waals surface area contributed by atoms with Crippen molar-refractivity contribution in [1.82, 2.24) is 0 Å². The van der Waals surface area contributed by atoms with Gasteiger partial charge in [0.25, 0.3) is 0 Å². The molecule has 0 bridgehead atoms. The van der Waals surface area contributed by atoms with Gasteiger partial charge < -0.3 is 10.2 Å². The smallest absolute Gasteiger partial charge is 0.104 e. The topological polar surface area (TPSA) is 26.0 Å². The molecular weight excluding hydrogens is 244 g/mol. The van der Waals surface area contributed by atoms with Gasteiger partial charge in [0, 0.05) is 5.56 Å². The maximum Gasteiger partial charge on any atom is 0.104 e. The highest BCUT2D eigenvalue weighted by atomic mass is 15.3. The van der Waals surface area contributed by atoms with Gasteiger partial charge >= 0.3 is 0 Å². The Morgan fingerprint density at radius 3 is 1.95 bits per heavy atom. The van der Waals surface area contributed by atoms with Crippen LogP contribution in [0.2, 0.25) is 0 Å². The Hall–Kier alpha value is -0.860. The molecule has 2 heteroatoms. The van der Waals surface area contributed by atoms with Crippen molar-refractivity contribution in [2.45, 2.75) is 51.5 Å². The molecule has 20 heavy (non-hydrogen) atoms. The molecule has 0 atom stereocenters. The van der Waals surface area contributed by atoms with Crippen LogP contribution >= 0.6 is 0 Å². The minimum absolute atomic E-state index is 0.852. The van der Waals surface area contributed by atoms with Crippen LogP contribution in [0.15, 0.2) is 30.3 Å². The van der Waals surface area contributed by atoms with Crippen LogP contribution in [0.3, 0.4) is 0 Å². The molecule has 0 radical (unpaired) electrons. The Morgan fingerprint density at radius 1 is 0.800 bits per heavy atom. The summed E-state index contributed by atoms with van der Waals surface area (Å²) in [5.41, 5.74) is 6.94. The van der Waals surface area contributed by atoms with Crippen LogP contribution in [0.1, 0.15) is 50.5 Å². The number of benzene rings is 1. The molecular formula is C18H33N2+. The number of nitrogens with zero attached hydrogens (tertiary/aromatic N) is 1. The van der Waals surface area contributed by atoms with Crippen molar-refractivity contribution in [2.75, 3.05) is 27.2 Å². The number of hydrogen-bond donors (Lipinski definition) is 1. The second-order valence-electron chi connectivity index (χ2n) is 6.57. The molecule has 1 aromatic carbocycles. The summed E-state index contributed by atoms with van der Waals surface area (Å²) in [7, 11) is 4.68. The van der Waals surface area contributed by atoms with E-state index < -0.39 is 0 Å². The standard InChI is InChI=1S/C18H33N2/c1-20(2,17-18-13-9-8-10-14-18)16-12-7-5-3-4-6-11-15-19/h8-10,13-14H,3-7,11-12,15-17,19H2,1-2H3/q+1. The Balaban J connectivity index is 2.08. The lowest BCUT2D eigenvalue weighted by Crippen LogP contribution is -2.39. The van der Waals surface area contributed by atoms with Gasteiger partial charge in [-0.1, -0.05) is 56.0 Å². The summed E-state index contributed by atoms with van der Waals surface area (Å²) in [5.74, 6) is 0. The fraction of sp³-hybridized carbons (Fsp3) is 0.667. The Morgan fingerprint density at radius 2 is 1.35 bits per heavy atom. The van der Waals surface area contributed by atoms with Crippen LogP contribution in [-0.4, -0.2) is 31.7 Å². The highest BCUT2D eigenvalue weighted by Gasteiger charge is 2.14. The van der Waals surface area contributed by atoms with Crippen LogP contribution in [0.5, 0.6) is 0 Å². The minimum Gasteiger partial charge on any atom is -0.330 e. The van der Waals surface area contributed by atoms with Crippen molar-refractivity contribution in [3.63, 3.8) is 0 Å². The molecule has 2 N–H and O–H groups in total. The summed E-state index contributed by atoms with van der Waals surface area (Å²) in [6, 6.07) is 10.8. The van der Waals surface area contributed by atoms with Crippen LogP contribution in [0, 0.1) is 0 Å². The van der Waals surface area contributed by atoms with Crippen molar-refractivity contribution in [3.05, 3.63) is 35.9 Å². The molecule has 114 valence electrons. The molecule has 0 saturated heterocycles. The fourth-order valence-electron chi connectivity index (χ4n) is 2.72. The van der Waals surface area contributed by atoms with Gasteiger partial charge in [-0.25, -0.2) is 0 Å². The lowest BCUT2D eigenvalue weighted by molar-refractivity contribution is -0.903. The Labute approximate surface area is 125 Å². The third-order valence-corrected chi connectivity index (χ3v) is 3.92. The van der Waals surface area contributed by atoms with Crippen LogP contribution in [-0.2, 0) is 6.54 Å². The molecule has 0 aliphatic rings. The average Bonchev–Trinajstić information content (AvgIpc) is 2.42. The van der Waals surface area contributed by atoms with Gasteiger partial charge in [-0.2, -0.15) is 0 Å². The summed E-state index contributed by atoms with van der Waals surface area (Å²) in [6.45, 7) is 3.26. The number of rotatable bonds is 11. The van der Waals surface area contributed by atoms with Crippen molar-refractivity contribution in [3.8, 4) is 0 Å². The van der Waals surface area contributed by atoms with Gasteiger partial charge in [-0.3, -0.25) is 0 Å². The zero-order valence-corrected chi connectivity index (χ0v) is 13.5. The fourth-order valence-corrected chi connectivity index (χ4v) is 2.72. The second kappa shape index (κ2) is 9.95. The van der Waals surface area contributed by atoms with Gasteiger partial charge in [-0.15, -0.1) is 0 Å². The molecule has 1 aromatic rings. The van der Waals surface area contributed by atoms with Crippen LogP contribution < -0.4 is 5.73 Å². The zero-order chi connectivity index (χ0) is 14.7. The van der Waals surface area contributed by atoms with Crippen molar-refractivity contribution < 1.29 is 4.48 Å². The second-order valence-corrected chi connectivity index (χ2v) is 6.57. The quantitative estimate of drug-likeness (QED) is 0.481. The monoisotopic (exact) mass is 277 g/mol. The van der Waals surface area contributed by atoms with E-state index in [9.17, 15) is 0 Å². The molecule has 2 nitrogen and oxygen atoms in total. The van der Waals surface area contributed by atoms with E-state index in [1.807, 2.05) is 0 Å². The molecule has 0 amide bonds. The first-order chi connectivity index (χ1) is 9.64. The third-order valence-electron chi connectivity index (χ3n) is 3.92. The molecule has 0 spiro atoms. The highest BCUT2D eigenvalue weighted by molar-refractivity contribution is 5.13. The molecule has 0 aromatic heterocycles. The molecule has 0 aliphatic heterocycles. The van der Waals surface area contributed by atoms with Crippen molar-refractivity contribution >= 4 is 0 Å². The van der Waals surface area contributed by atoms with Crippen LogP contribution in [0.4, 0.5) is 0 Å². The first-order valence-electron chi connectivity index (χ1n) is 8.20. The van der Waals surface area contributed by atoms with Gasteiger partial charge in [-0.05, 0) is 25.8 Å². The highest BCUT2D eigenvalue weighted by Crippen LogP contribution is 2.12. The molecule has 0 saturated carbocycles.